The van der Waals surface area contributed by atoms with Crippen molar-refractivity contribution in [2.24, 2.45) is 5.92 Å². The average Bonchev–Trinajstić information content (AvgIpc) is 2.32. The molecule has 0 N–H and O–H groups in total. The van der Waals surface area contributed by atoms with E-state index < -0.39 is 17.8 Å². The molecule has 5 nitrogen and oxygen atoms in total. The molecule has 0 aromatic heterocycles. The maximum atomic E-state index is 11.3. The van der Waals surface area contributed by atoms with Crippen molar-refractivity contribution in [2.45, 2.75) is 26.1 Å². The first-order valence-electron chi connectivity index (χ1n) is 4.52. The molecule has 6 heteroatoms. The third-order valence-corrected chi connectivity index (χ3v) is 1.98. The fourth-order valence-electron chi connectivity index (χ4n) is 1.05. The van der Waals surface area contributed by atoms with Crippen LogP contribution in [0.3, 0.4) is 0 Å². The maximum absolute atomic E-state index is 11.3. The van der Waals surface area contributed by atoms with E-state index in [1.807, 2.05) is 0 Å². The summed E-state index contributed by atoms with van der Waals surface area (Å²) in [5.41, 5.74) is 0. The van der Waals surface area contributed by atoms with Crippen LogP contribution < -0.4 is 0 Å². The molecule has 1 fully saturated rings. The van der Waals surface area contributed by atoms with Crippen molar-refractivity contribution in [1.29, 1.82) is 0 Å². The maximum Gasteiger partial charge on any atom is 0.335 e. The minimum atomic E-state index is -0.569. The first kappa shape index (κ1) is 10.8. The predicted molar refractivity (Wildman–Crippen MR) is 49.7 cm³/mol. The van der Waals surface area contributed by atoms with Crippen LogP contribution in [0.15, 0.2) is 0 Å². The molecule has 0 radical (unpaired) electrons. The van der Waals surface area contributed by atoms with E-state index in [9.17, 15) is 14.4 Å². The summed E-state index contributed by atoms with van der Waals surface area (Å²) in [5, 5.41) is 0.576. The van der Waals surface area contributed by atoms with Gasteiger partial charge in [-0.05, 0) is 0 Å². The van der Waals surface area contributed by atoms with E-state index in [1.54, 1.807) is 21.7 Å². The van der Waals surface area contributed by atoms with Gasteiger partial charge in [0.05, 0.1) is 5.92 Å². The van der Waals surface area contributed by atoms with Gasteiger partial charge in [-0.25, -0.2) is 4.79 Å². The van der Waals surface area contributed by atoms with Gasteiger partial charge in [0, 0.05) is 12.2 Å². The van der Waals surface area contributed by atoms with Crippen LogP contribution in [0.1, 0.15) is 20.3 Å². The van der Waals surface area contributed by atoms with Crippen molar-refractivity contribution in [3.8, 4) is 0 Å². The molecule has 0 saturated carbocycles. The van der Waals surface area contributed by atoms with Gasteiger partial charge in [-0.15, -0.1) is 5.06 Å². The molecule has 1 atom stereocenters. The molecule has 1 saturated heterocycles. The van der Waals surface area contributed by atoms with Crippen molar-refractivity contribution in [3.05, 3.63) is 0 Å². The number of carbonyl (C=O) groups is 3. The van der Waals surface area contributed by atoms with Gasteiger partial charge in [-0.2, -0.15) is 0 Å². The molecule has 1 rings (SSSR count). The molecular formula is C8H12BNO4. The zero-order chi connectivity index (χ0) is 10.9. The molecule has 1 aliphatic heterocycles. The zero-order valence-corrected chi connectivity index (χ0v) is 8.44. The van der Waals surface area contributed by atoms with Crippen molar-refractivity contribution >= 4 is 25.6 Å². The average molecular weight is 197 g/mol. The lowest BCUT2D eigenvalue weighted by Crippen LogP contribution is -2.34. The monoisotopic (exact) mass is 197 g/mol. The molecule has 1 heterocycles. The van der Waals surface area contributed by atoms with E-state index in [0.717, 1.165) is 0 Å². The minimum absolute atomic E-state index is 0.115. The Morgan fingerprint density at radius 1 is 1.57 bits per heavy atom. The van der Waals surface area contributed by atoms with E-state index in [4.69, 9.17) is 0 Å². The third-order valence-electron chi connectivity index (χ3n) is 1.98. The van der Waals surface area contributed by atoms with E-state index in [1.165, 1.54) is 0 Å². The summed E-state index contributed by atoms with van der Waals surface area (Å²) in [7, 11) is 1.63. The number of carbonyl (C=O) groups excluding carboxylic acids is 3. The highest BCUT2D eigenvalue weighted by molar-refractivity contribution is 6.29. The summed E-state index contributed by atoms with van der Waals surface area (Å²) >= 11 is 0. The molecule has 0 aromatic carbocycles. The number of amides is 2. The van der Waals surface area contributed by atoms with E-state index >= 15 is 0 Å². The topological polar surface area (TPSA) is 63.7 Å². The van der Waals surface area contributed by atoms with Gasteiger partial charge in [0.15, 0.2) is 0 Å². The van der Waals surface area contributed by atoms with Crippen LogP contribution in [0.4, 0.5) is 0 Å². The Balaban J connectivity index is 2.65. The molecule has 1 aliphatic rings. The lowest BCUT2D eigenvalue weighted by Gasteiger charge is -2.14. The van der Waals surface area contributed by atoms with E-state index in [-0.39, 0.29) is 18.2 Å². The fraction of sp³-hybridized carbons (Fsp3) is 0.625. The van der Waals surface area contributed by atoms with Crippen molar-refractivity contribution in [3.63, 3.8) is 0 Å². The quantitative estimate of drug-likeness (QED) is 0.432. The number of hydrogen-bond acceptors (Lipinski definition) is 4. The number of nitrogens with zero attached hydrogens (tertiary/aromatic N) is 1. The summed E-state index contributed by atoms with van der Waals surface area (Å²) in [6, 6.07) is 0. The van der Waals surface area contributed by atoms with Crippen LogP contribution in [0.25, 0.3) is 0 Å². The normalized spacial score (nSPS) is 21.9. The molecule has 76 valence electrons. The van der Waals surface area contributed by atoms with Gasteiger partial charge >= 0.3 is 5.97 Å². The van der Waals surface area contributed by atoms with Gasteiger partial charge < -0.3 is 4.84 Å². The number of hydroxylamine groups is 2. The molecule has 1 unspecified atom stereocenters. The van der Waals surface area contributed by atoms with Crippen LogP contribution in [0.5, 0.6) is 0 Å². The molecule has 0 aliphatic carbocycles. The van der Waals surface area contributed by atoms with Crippen LogP contribution >= 0.6 is 0 Å². The molecule has 0 bridgehead atoms. The van der Waals surface area contributed by atoms with Crippen LogP contribution in [0.2, 0.25) is 5.82 Å². The highest BCUT2D eigenvalue weighted by Gasteiger charge is 2.38. The van der Waals surface area contributed by atoms with Gasteiger partial charge in [0.1, 0.15) is 7.85 Å². The third kappa shape index (κ3) is 1.94. The largest absolute Gasteiger partial charge is 0.335 e. The lowest BCUT2D eigenvalue weighted by atomic mass is 9.86. The van der Waals surface area contributed by atoms with Gasteiger partial charge in [-0.3, -0.25) is 9.59 Å². The second-order valence-corrected chi connectivity index (χ2v) is 3.70. The Labute approximate surface area is 82.8 Å². The molecule has 0 aromatic rings. The molecule has 2 amide bonds. The van der Waals surface area contributed by atoms with Gasteiger partial charge in [0.25, 0.3) is 11.8 Å². The zero-order valence-electron chi connectivity index (χ0n) is 8.44. The summed E-state index contributed by atoms with van der Waals surface area (Å²) in [4.78, 5) is 38.3. The Hall–Kier alpha value is -1.33. The smallest absolute Gasteiger partial charge is 0.330 e. The standard InChI is InChI=1S/C8H12BNO4/c1-4(2)8(13)14-10-6(11)3-5(9)7(10)12/h4-5H,3,9H2,1-2H3. The number of rotatable bonds is 2. The van der Waals surface area contributed by atoms with Crippen molar-refractivity contribution in [2.75, 3.05) is 0 Å². The van der Waals surface area contributed by atoms with E-state index in [2.05, 4.69) is 4.84 Å². The van der Waals surface area contributed by atoms with Gasteiger partial charge in [-0.1, -0.05) is 13.8 Å². The number of imide groups is 1. The van der Waals surface area contributed by atoms with Crippen LogP contribution in [0, 0.1) is 5.92 Å². The van der Waals surface area contributed by atoms with Crippen LogP contribution in [-0.4, -0.2) is 30.7 Å². The second kappa shape index (κ2) is 3.81. The Kier molecular flexibility index (Phi) is 2.93. The summed E-state index contributed by atoms with van der Waals surface area (Å²) in [6.07, 6.45) is 0.115. The minimum Gasteiger partial charge on any atom is -0.330 e. The Morgan fingerprint density at radius 3 is 2.50 bits per heavy atom. The Morgan fingerprint density at radius 2 is 2.14 bits per heavy atom. The first-order valence-corrected chi connectivity index (χ1v) is 4.52. The lowest BCUT2D eigenvalue weighted by molar-refractivity contribution is -0.199. The molecule has 0 spiro atoms. The van der Waals surface area contributed by atoms with Crippen LogP contribution in [-0.2, 0) is 19.2 Å². The predicted octanol–water partition coefficient (Wildman–Crippen LogP) is -0.719. The van der Waals surface area contributed by atoms with E-state index in [0.29, 0.717) is 5.06 Å². The first-order chi connectivity index (χ1) is 6.43. The molecule has 14 heavy (non-hydrogen) atoms. The van der Waals surface area contributed by atoms with Gasteiger partial charge in [0.2, 0.25) is 0 Å². The highest BCUT2D eigenvalue weighted by atomic mass is 16.7. The summed E-state index contributed by atoms with van der Waals surface area (Å²) < 4.78 is 0. The number of hydrogen-bond donors (Lipinski definition) is 0. The van der Waals surface area contributed by atoms with Crippen molar-refractivity contribution in [1.82, 2.24) is 5.06 Å². The molecular weight excluding hydrogens is 185 g/mol. The second-order valence-electron chi connectivity index (χ2n) is 3.70. The Bertz CT molecular complexity index is 289. The van der Waals surface area contributed by atoms with Crippen molar-refractivity contribution < 1.29 is 19.2 Å². The summed E-state index contributed by atoms with van der Waals surface area (Å²) in [6.45, 7) is 3.27. The summed E-state index contributed by atoms with van der Waals surface area (Å²) in [5.74, 6) is -2.20. The SMILES string of the molecule is BC1CC(=O)N(OC(=O)C(C)C)C1=O. The highest BCUT2D eigenvalue weighted by Crippen LogP contribution is 2.22. The fourth-order valence-corrected chi connectivity index (χ4v) is 1.05.